The number of ether oxygens (including phenoxy) is 1. The molecule has 3 aromatic rings. The van der Waals surface area contributed by atoms with Gasteiger partial charge in [0, 0.05) is 38.2 Å². The average molecular weight is 485 g/mol. The number of nitrogens with zero attached hydrogens (tertiary/aromatic N) is 4. The van der Waals surface area contributed by atoms with Crippen molar-refractivity contribution in [3.8, 4) is 0 Å². The smallest absolute Gasteiger partial charge is 0.234 e. The van der Waals surface area contributed by atoms with Crippen molar-refractivity contribution in [2.24, 2.45) is 5.73 Å². The van der Waals surface area contributed by atoms with Crippen molar-refractivity contribution in [3.05, 3.63) is 59.8 Å². The fourth-order valence-electron chi connectivity index (χ4n) is 3.60. The Labute approximate surface area is 201 Å². The Balaban J connectivity index is 1.32. The quantitative estimate of drug-likeness (QED) is 0.395. The van der Waals surface area contributed by atoms with Gasteiger partial charge in [-0.2, -0.15) is 0 Å². The molecular weight excluding hydrogens is 456 g/mol. The van der Waals surface area contributed by atoms with Crippen molar-refractivity contribution in [1.29, 1.82) is 0 Å². The molecule has 4 rings (SSSR count). The molecule has 0 bridgehead atoms. The van der Waals surface area contributed by atoms with Crippen molar-refractivity contribution in [3.63, 3.8) is 0 Å². The van der Waals surface area contributed by atoms with Crippen LogP contribution in [0, 0.1) is 0 Å². The van der Waals surface area contributed by atoms with Crippen LogP contribution < -0.4 is 11.1 Å². The van der Waals surface area contributed by atoms with Crippen LogP contribution in [0.1, 0.15) is 23.6 Å². The Kier molecular flexibility index (Phi) is 8.34. The molecule has 3 heterocycles. The molecule has 3 N–H and O–H groups in total. The highest BCUT2D eigenvalue weighted by atomic mass is 32.2. The summed E-state index contributed by atoms with van der Waals surface area (Å²) in [5, 5.41) is 11.9. The number of hydrogen-bond donors (Lipinski definition) is 2. The fourth-order valence-corrected chi connectivity index (χ4v) is 4.36. The molecule has 0 saturated carbocycles. The molecule has 0 atom stereocenters. The second kappa shape index (κ2) is 11.8. The predicted octanol–water partition coefficient (Wildman–Crippen LogP) is 1.90. The lowest BCUT2D eigenvalue weighted by Crippen LogP contribution is -2.35. The molecule has 10 nitrogen and oxygen atoms in total. The Morgan fingerprint density at radius 2 is 1.88 bits per heavy atom. The molecule has 0 aliphatic carbocycles. The first kappa shape index (κ1) is 24.0. The second-order valence-corrected chi connectivity index (χ2v) is 8.90. The standard InChI is InChI=1S/C23H28N6O4S/c24-20(30)7-8-21-26-27-23(29(21)15-19-2-1-11-33-19)34-16-22(31)25-18-5-3-17(4-6-18)14-28-9-12-32-13-10-28/h1-6,11H,7-10,12-16H2,(H2,24,30)(H,25,31). The van der Waals surface area contributed by atoms with Gasteiger partial charge in [-0.25, -0.2) is 0 Å². The van der Waals surface area contributed by atoms with Crippen LogP contribution in [0.3, 0.4) is 0 Å². The normalized spacial score (nSPS) is 14.2. The monoisotopic (exact) mass is 484 g/mol. The van der Waals surface area contributed by atoms with Gasteiger partial charge in [0.2, 0.25) is 11.8 Å². The topological polar surface area (TPSA) is 129 Å². The molecular formula is C23H28N6O4S. The first-order chi connectivity index (χ1) is 16.6. The van der Waals surface area contributed by atoms with Crippen molar-refractivity contribution >= 4 is 29.3 Å². The molecule has 11 heteroatoms. The zero-order chi connectivity index (χ0) is 23.8. The molecule has 0 radical (unpaired) electrons. The van der Waals surface area contributed by atoms with E-state index in [0.717, 1.165) is 44.3 Å². The van der Waals surface area contributed by atoms with Crippen LogP contribution in [0.2, 0.25) is 0 Å². The van der Waals surface area contributed by atoms with Gasteiger partial charge in [-0.15, -0.1) is 10.2 Å². The molecule has 1 aromatic carbocycles. The molecule has 1 fully saturated rings. The summed E-state index contributed by atoms with van der Waals surface area (Å²) in [6.07, 6.45) is 2.13. The maximum atomic E-state index is 12.5. The van der Waals surface area contributed by atoms with Crippen molar-refractivity contribution in [2.75, 3.05) is 37.4 Å². The largest absolute Gasteiger partial charge is 0.467 e. The third-order valence-corrected chi connectivity index (χ3v) is 6.33. The number of morpholine rings is 1. The molecule has 34 heavy (non-hydrogen) atoms. The summed E-state index contributed by atoms with van der Waals surface area (Å²) in [7, 11) is 0. The minimum Gasteiger partial charge on any atom is -0.467 e. The summed E-state index contributed by atoms with van der Waals surface area (Å²) in [5.74, 6) is 0.966. The lowest BCUT2D eigenvalue weighted by atomic mass is 10.2. The van der Waals surface area contributed by atoms with E-state index in [1.807, 2.05) is 34.9 Å². The number of aryl methyl sites for hydroxylation is 1. The lowest BCUT2D eigenvalue weighted by molar-refractivity contribution is -0.118. The van der Waals surface area contributed by atoms with Crippen LogP contribution >= 0.6 is 11.8 Å². The minimum atomic E-state index is -0.405. The molecule has 180 valence electrons. The Morgan fingerprint density at radius 3 is 2.59 bits per heavy atom. The Hall–Kier alpha value is -3.15. The predicted molar refractivity (Wildman–Crippen MR) is 127 cm³/mol. The van der Waals surface area contributed by atoms with Gasteiger partial charge in [0.05, 0.1) is 31.8 Å². The fraction of sp³-hybridized carbons (Fsp3) is 0.391. The molecule has 2 aromatic heterocycles. The number of amides is 2. The maximum absolute atomic E-state index is 12.5. The average Bonchev–Trinajstić information content (AvgIpc) is 3.49. The molecule has 0 spiro atoms. The van der Waals surface area contributed by atoms with Gasteiger partial charge in [0.1, 0.15) is 11.6 Å². The lowest BCUT2D eigenvalue weighted by Gasteiger charge is -2.26. The molecule has 0 unspecified atom stereocenters. The van der Waals surface area contributed by atoms with E-state index in [1.54, 1.807) is 12.3 Å². The summed E-state index contributed by atoms with van der Waals surface area (Å²) >= 11 is 1.28. The SMILES string of the molecule is NC(=O)CCc1nnc(SCC(=O)Nc2ccc(CN3CCOCC3)cc2)n1Cc1ccco1. The maximum Gasteiger partial charge on any atom is 0.234 e. The van der Waals surface area contributed by atoms with E-state index >= 15 is 0 Å². The van der Waals surface area contributed by atoms with Crippen LogP contribution in [0.15, 0.2) is 52.2 Å². The number of nitrogens with one attached hydrogen (secondary N) is 1. The van der Waals surface area contributed by atoms with Crippen LogP contribution in [-0.2, 0) is 33.8 Å². The summed E-state index contributed by atoms with van der Waals surface area (Å²) < 4.78 is 12.7. The second-order valence-electron chi connectivity index (χ2n) is 7.95. The highest BCUT2D eigenvalue weighted by Gasteiger charge is 2.16. The summed E-state index contributed by atoms with van der Waals surface area (Å²) in [6, 6.07) is 11.5. The number of rotatable bonds is 11. The number of thioether (sulfide) groups is 1. The highest BCUT2D eigenvalue weighted by Crippen LogP contribution is 2.21. The molecule has 1 aliphatic heterocycles. The van der Waals surface area contributed by atoms with Gasteiger partial charge < -0.3 is 20.2 Å². The Bertz CT molecular complexity index is 1080. The molecule has 1 aliphatic rings. The van der Waals surface area contributed by atoms with Crippen LogP contribution in [0.25, 0.3) is 0 Å². The number of carbonyl (C=O) groups is 2. The third-order valence-electron chi connectivity index (χ3n) is 5.36. The van der Waals surface area contributed by atoms with E-state index in [-0.39, 0.29) is 18.1 Å². The van der Waals surface area contributed by atoms with E-state index in [9.17, 15) is 9.59 Å². The number of anilines is 1. The number of furan rings is 1. The van der Waals surface area contributed by atoms with Crippen LogP contribution in [-0.4, -0.2) is 63.5 Å². The summed E-state index contributed by atoms with van der Waals surface area (Å²) in [5.41, 5.74) is 7.22. The van der Waals surface area contributed by atoms with Gasteiger partial charge in [-0.05, 0) is 29.8 Å². The van der Waals surface area contributed by atoms with Gasteiger partial charge >= 0.3 is 0 Å². The zero-order valence-electron chi connectivity index (χ0n) is 18.8. The molecule has 1 saturated heterocycles. The Morgan fingerprint density at radius 1 is 1.09 bits per heavy atom. The number of benzene rings is 1. The van der Waals surface area contributed by atoms with E-state index in [0.29, 0.717) is 23.9 Å². The van der Waals surface area contributed by atoms with Crippen molar-refractivity contribution in [2.45, 2.75) is 31.1 Å². The number of primary amides is 1. The van der Waals surface area contributed by atoms with Crippen molar-refractivity contribution in [1.82, 2.24) is 19.7 Å². The van der Waals surface area contributed by atoms with Gasteiger partial charge in [-0.3, -0.25) is 19.1 Å². The number of carbonyl (C=O) groups excluding carboxylic acids is 2. The van der Waals surface area contributed by atoms with E-state index in [1.165, 1.54) is 17.3 Å². The molecule has 2 amide bonds. The summed E-state index contributed by atoms with van der Waals surface area (Å²) in [4.78, 5) is 26.1. The van der Waals surface area contributed by atoms with Gasteiger partial charge in [0.25, 0.3) is 0 Å². The first-order valence-electron chi connectivity index (χ1n) is 11.1. The highest BCUT2D eigenvalue weighted by molar-refractivity contribution is 7.99. The number of nitrogens with two attached hydrogens (primary N) is 1. The van der Waals surface area contributed by atoms with Gasteiger partial charge in [0.15, 0.2) is 5.16 Å². The van der Waals surface area contributed by atoms with E-state index in [2.05, 4.69) is 20.4 Å². The first-order valence-corrected chi connectivity index (χ1v) is 12.1. The number of hydrogen-bond acceptors (Lipinski definition) is 8. The van der Waals surface area contributed by atoms with E-state index < -0.39 is 5.91 Å². The van der Waals surface area contributed by atoms with Crippen molar-refractivity contribution < 1.29 is 18.7 Å². The van der Waals surface area contributed by atoms with E-state index in [4.69, 9.17) is 14.9 Å². The van der Waals surface area contributed by atoms with Crippen LogP contribution in [0.4, 0.5) is 5.69 Å². The van der Waals surface area contributed by atoms with Crippen LogP contribution in [0.5, 0.6) is 0 Å². The van der Waals surface area contributed by atoms with Gasteiger partial charge in [-0.1, -0.05) is 23.9 Å². The number of aromatic nitrogens is 3. The zero-order valence-corrected chi connectivity index (χ0v) is 19.6. The third kappa shape index (κ3) is 6.92. The summed E-state index contributed by atoms with van der Waals surface area (Å²) in [6.45, 7) is 4.69. The minimum absolute atomic E-state index is 0.142.